The third kappa shape index (κ3) is 7.61. The van der Waals surface area contributed by atoms with Gasteiger partial charge in [0, 0.05) is 31.0 Å². The van der Waals surface area contributed by atoms with E-state index in [2.05, 4.69) is 21.2 Å². The Kier molecular flexibility index (Phi) is 10.2. The molecule has 2 aromatic carbocycles. The average Bonchev–Trinajstić information content (AvgIpc) is 2.78. The number of rotatable bonds is 11. The van der Waals surface area contributed by atoms with Crippen LogP contribution in [0, 0.1) is 0 Å². The number of halogens is 2. The minimum atomic E-state index is -3.62. The van der Waals surface area contributed by atoms with Crippen LogP contribution in [-0.2, 0) is 26.2 Å². The minimum absolute atomic E-state index is 0.0608. The van der Waals surface area contributed by atoms with E-state index in [0.717, 1.165) is 16.3 Å². The van der Waals surface area contributed by atoms with Crippen molar-refractivity contribution in [2.45, 2.75) is 32.4 Å². The molecule has 0 saturated carbocycles. The van der Waals surface area contributed by atoms with Crippen molar-refractivity contribution in [3.8, 4) is 5.75 Å². The van der Waals surface area contributed by atoms with E-state index in [9.17, 15) is 18.0 Å². The lowest BCUT2D eigenvalue weighted by molar-refractivity contribution is -0.140. The fraction of sp³-hybridized carbons (Fsp3) is 0.391. The molecule has 1 atom stereocenters. The summed E-state index contributed by atoms with van der Waals surface area (Å²) in [5.74, 6) is -0.105. The average molecular weight is 575 g/mol. The summed E-state index contributed by atoms with van der Waals surface area (Å²) in [4.78, 5) is 26.9. The number of hydrogen-bond acceptors (Lipinski definition) is 5. The second-order valence-corrected chi connectivity index (χ2v) is 10.9. The number of benzene rings is 2. The summed E-state index contributed by atoms with van der Waals surface area (Å²) >= 11 is 9.59. The third-order valence-corrected chi connectivity index (χ3v) is 7.21. The second kappa shape index (κ2) is 12.4. The van der Waals surface area contributed by atoms with Gasteiger partial charge in [-0.05, 0) is 49.2 Å². The number of anilines is 1. The highest BCUT2D eigenvalue weighted by atomic mass is 79.9. The molecule has 0 fully saturated rings. The molecule has 0 spiro atoms. The zero-order valence-electron chi connectivity index (χ0n) is 19.5. The van der Waals surface area contributed by atoms with Gasteiger partial charge in [-0.3, -0.25) is 13.9 Å². The standard InChI is InChI=1S/C23H29BrClN3O5S/c1-16(23(30)26-2)27(15-17-7-5-8-18(24)13-17)22(29)9-6-12-28(34(4,31)32)19-10-11-21(33-3)20(25)14-19/h5,7-8,10-11,13-14,16H,6,9,12,15H2,1-4H3,(H,26,30)/t16-/m1/s1. The van der Waals surface area contributed by atoms with Gasteiger partial charge >= 0.3 is 0 Å². The Morgan fingerprint density at radius 2 is 1.91 bits per heavy atom. The summed E-state index contributed by atoms with van der Waals surface area (Å²) in [6.07, 6.45) is 1.41. The molecule has 0 aliphatic heterocycles. The summed E-state index contributed by atoms with van der Waals surface area (Å²) < 4.78 is 32.0. The summed E-state index contributed by atoms with van der Waals surface area (Å²) in [5, 5.41) is 2.86. The maximum absolute atomic E-state index is 13.1. The lowest BCUT2D eigenvalue weighted by Gasteiger charge is -2.29. The molecule has 1 N–H and O–H groups in total. The molecule has 0 unspecified atom stereocenters. The molecule has 8 nitrogen and oxygen atoms in total. The van der Waals surface area contributed by atoms with Gasteiger partial charge in [0.2, 0.25) is 21.8 Å². The van der Waals surface area contributed by atoms with Gasteiger partial charge in [0.15, 0.2) is 0 Å². The summed E-state index contributed by atoms with van der Waals surface area (Å²) in [5.41, 5.74) is 1.24. The Labute approximate surface area is 214 Å². The molecular formula is C23H29BrClN3O5S. The van der Waals surface area contributed by atoms with Crippen LogP contribution < -0.4 is 14.4 Å². The first kappa shape index (κ1) is 27.9. The number of nitrogens with one attached hydrogen (secondary N) is 1. The normalized spacial score (nSPS) is 12.1. The molecule has 0 bridgehead atoms. The summed E-state index contributed by atoms with van der Waals surface area (Å²) in [6.45, 7) is 1.99. The van der Waals surface area contributed by atoms with E-state index in [0.29, 0.717) is 11.4 Å². The van der Waals surface area contributed by atoms with Crippen molar-refractivity contribution in [2.75, 3.05) is 31.3 Å². The van der Waals surface area contributed by atoms with E-state index in [4.69, 9.17) is 16.3 Å². The molecule has 0 aromatic heterocycles. The van der Waals surface area contributed by atoms with E-state index in [1.54, 1.807) is 19.1 Å². The topological polar surface area (TPSA) is 96.0 Å². The lowest BCUT2D eigenvalue weighted by atomic mass is 10.1. The monoisotopic (exact) mass is 573 g/mol. The SMILES string of the molecule is CNC(=O)[C@@H](C)N(Cc1cccc(Br)c1)C(=O)CCCN(c1ccc(OC)c(Cl)c1)S(C)(=O)=O. The molecule has 2 aromatic rings. The van der Waals surface area contributed by atoms with Crippen LogP contribution in [0.15, 0.2) is 46.9 Å². The van der Waals surface area contributed by atoms with Gasteiger partial charge in [-0.2, -0.15) is 0 Å². The van der Waals surface area contributed by atoms with Gasteiger partial charge in [0.1, 0.15) is 11.8 Å². The number of likely N-dealkylation sites (N-methyl/N-ethyl adjacent to an activating group) is 1. The molecule has 34 heavy (non-hydrogen) atoms. The predicted octanol–water partition coefficient (Wildman–Crippen LogP) is 3.82. The third-order valence-electron chi connectivity index (χ3n) is 5.23. The van der Waals surface area contributed by atoms with Gasteiger partial charge < -0.3 is 15.0 Å². The first-order chi connectivity index (χ1) is 16.0. The van der Waals surface area contributed by atoms with Crippen LogP contribution in [0.5, 0.6) is 5.75 Å². The van der Waals surface area contributed by atoms with E-state index < -0.39 is 16.1 Å². The van der Waals surface area contributed by atoms with Crippen LogP contribution in [-0.4, -0.2) is 58.1 Å². The summed E-state index contributed by atoms with van der Waals surface area (Å²) in [6, 6.07) is 11.5. The Morgan fingerprint density at radius 1 is 1.21 bits per heavy atom. The van der Waals surface area contributed by atoms with Crippen molar-refractivity contribution in [1.82, 2.24) is 10.2 Å². The van der Waals surface area contributed by atoms with Crippen molar-refractivity contribution in [2.24, 2.45) is 0 Å². The van der Waals surface area contributed by atoms with Crippen molar-refractivity contribution in [3.05, 3.63) is 57.5 Å². The van der Waals surface area contributed by atoms with Crippen molar-refractivity contribution >= 4 is 55.1 Å². The van der Waals surface area contributed by atoms with Crippen molar-refractivity contribution in [1.29, 1.82) is 0 Å². The van der Waals surface area contributed by atoms with Crippen LogP contribution in [0.3, 0.4) is 0 Å². The van der Waals surface area contributed by atoms with Gasteiger partial charge in [-0.15, -0.1) is 0 Å². The van der Waals surface area contributed by atoms with Gasteiger partial charge in [0.25, 0.3) is 0 Å². The Morgan fingerprint density at radius 3 is 2.47 bits per heavy atom. The van der Waals surface area contributed by atoms with E-state index in [1.165, 1.54) is 29.4 Å². The van der Waals surface area contributed by atoms with Crippen LogP contribution in [0.25, 0.3) is 0 Å². The molecule has 11 heteroatoms. The first-order valence-electron chi connectivity index (χ1n) is 10.5. The molecule has 2 rings (SSSR count). The smallest absolute Gasteiger partial charge is 0.242 e. The van der Waals surface area contributed by atoms with E-state index in [-0.39, 0.29) is 42.8 Å². The Bertz CT molecular complexity index is 1130. The minimum Gasteiger partial charge on any atom is -0.495 e. The van der Waals surface area contributed by atoms with E-state index >= 15 is 0 Å². The molecule has 0 aliphatic rings. The maximum atomic E-state index is 13.1. The number of ether oxygens (including phenoxy) is 1. The number of hydrogen-bond donors (Lipinski definition) is 1. The second-order valence-electron chi connectivity index (χ2n) is 7.70. The van der Waals surface area contributed by atoms with Crippen molar-refractivity contribution in [3.63, 3.8) is 0 Å². The molecule has 0 radical (unpaired) electrons. The highest BCUT2D eigenvalue weighted by Crippen LogP contribution is 2.30. The molecule has 0 heterocycles. The molecule has 186 valence electrons. The fourth-order valence-electron chi connectivity index (χ4n) is 3.44. The van der Waals surface area contributed by atoms with Gasteiger partial charge in [-0.25, -0.2) is 8.42 Å². The molecular weight excluding hydrogens is 546 g/mol. The van der Waals surface area contributed by atoms with Gasteiger partial charge in [0.05, 0.1) is 24.1 Å². The number of sulfonamides is 1. The highest BCUT2D eigenvalue weighted by molar-refractivity contribution is 9.10. The zero-order chi connectivity index (χ0) is 25.5. The molecule has 0 aliphatic carbocycles. The number of amides is 2. The Hall–Kier alpha value is -2.30. The van der Waals surface area contributed by atoms with Crippen LogP contribution in [0.1, 0.15) is 25.3 Å². The number of carbonyl (C=O) groups is 2. The lowest BCUT2D eigenvalue weighted by Crippen LogP contribution is -2.46. The largest absolute Gasteiger partial charge is 0.495 e. The van der Waals surface area contributed by atoms with Crippen LogP contribution >= 0.6 is 27.5 Å². The van der Waals surface area contributed by atoms with Gasteiger partial charge in [-0.1, -0.05) is 39.7 Å². The maximum Gasteiger partial charge on any atom is 0.242 e. The number of nitrogens with zero attached hydrogens (tertiary/aromatic N) is 2. The van der Waals surface area contributed by atoms with Crippen molar-refractivity contribution < 1.29 is 22.7 Å². The quantitative estimate of drug-likeness (QED) is 0.440. The fourth-order valence-corrected chi connectivity index (χ4v) is 5.09. The summed E-state index contributed by atoms with van der Waals surface area (Å²) in [7, 11) is -0.629. The molecule has 2 amide bonds. The van der Waals surface area contributed by atoms with Crippen LogP contribution in [0.4, 0.5) is 5.69 Å². The zero-order valence-corrected chi connectivity index (χ0v) is 22.7. The van der Waals surface area contributed by atoms with E-state index in [1.807, 2.05) is 24.3 Å². The number of carbonyl (C=O) groups excluding carboxylic acids is 2. The number of methoxy groups -OCH3 is 1. The molecule has 0 saturated heterocycles. The highest BCUT2D eigenvalue weighted by Gasteiger charge is 2.26. The predicted molar refractivity (Wildman–Crippen MR) is 138 cm³/mol. The van der Waals surface area contributed by atoms with Crippen LogP contribution in [0.2, 0.25) is 5.02 Å². The Balaban J connectivity index is 2.17. The first-order valence-corrected chi connectivity index (χ1v) is 13.6.